The Bertz CT molecular complexity index is 894. The molecule has 1 N–H and O–H groups in total. The van der Waals surface area contributed by atoms with Gasteiger partial charge in [-0.3, -0.25) is 14.8 Å². The fraction of sp³-hybridized carbons (Fsp3) is 0.368. The van der Waals surface area contributed by atoms with Gasteiger partial charge in [0.05, 0.1) is 22.8 Å². The quantitative estimate of drug-likeness (QED) is 0.563. The van der Waals surface area contributed by atoms with Crippen molar-refractivity contribution in [1.29, 1.82) is 0 Å². The number of ether oxygens (including phenoxy) is 1. The van der Waals surface area contributed by atoms with Crippen LogP contribution in [-0.4, -0.2) is 19.4 Å². The van der Waals surface area contributed by atoms with Crippen LogP contribution < -0.4 is 9.46 Å². The number of non-ortho nitro benzene ring substituents is 1. The number of sulfonamides is 1. The molecule has 1 fully saturated rings. The lowest BCUT2D eigenvalue weighted by molar-refractivity contribution is -0.385. The van der Waals surface area contributed by atoms with Crippen molar-refractivity contribution in [3.05, 3.63) is 64.2 Å². The number of nitro benzene ring substituents is 1. The molecule has 2 aromatic rings. The zero-order chi connectivity index (χ0) is 19.3. The lowest BCUT2D eigenvalue weighted by Crippen LogP contribution is -2.21. The van der Waals surface area contributed by atoms with Gasteiger partial charge in [-0.05, 0) is 43.9 Å². The van der Waals surface area contributed by atoms with Crippen LogP contribution in [0.25, 0.3) is 0 Å². The van der Waals surface area contributed by atoms with E-state index in [9.17, 15) is 18.5 Å². The molecule has 0 amide bonds. The lowest BCUT2D eigenvalue weighted by Gasteiger charge is -2.24. The van der Waals surface area contributed by atoms with E-state index in [1.54, 1.807) is 30.3 Å². The Morgan fingerprint density at radius 3 is 2.44 bits per heavy atom. The summed E-state index contributed by atoms with van der Waals surface area (Å²) in [5, 5.41) is 11.1. The number of hydrogen-bond acceptors (Lipinski definition) is 5. The highest BCUT2D eigenvalue weighted by molar-refractivity contribution is 7.91. The summed E-state index contributed by atoms with van der Waals surface area (Å²) in [7, 11) is -3.68. The second-order valence-electron chi connectivity index (χ2n) is 6.65. The number of hydrogen-bond donors (Lipinski definition) is 1. The average Bonchev–Trinajstić information content (AvgIpc) is 2.64. The summed E-state index contributed by atoms with van der Waals surface area (Å²) >= 11 is 0. The summed E-state index contributed by atoms with van der Waals surface area (Å²) in [5.74, 6) is -0.0448. The Hall–Kier alpha value is -2.61. The van der Waals surface area contributed by atoms with Gasteiger partial charge in [0, 0.05) is 17.3 Å². The molecule has 1 aliphatic rings. The summed E-state index contributed by atoms with van der Waals surface area (Å²) in [4.78, 5) is 10.6. The van der Waals surface area contributed by atoms with Crippen LogP contribution in [0.2, 0.25) is 0 Å². The van der Waals surface area contributed by atoms with Crippen LogP contribution in [0.1, 0.15) is 37.7 Å². The highest BCUT2D eigenvalue weighted by Crippen LogP contribution is 2.30. The van der Waals surface area contributed by atoms with Gasteiger partial charge in [0.15, 0.2) is 0 Å². The van der Waals surface area contributed by atoms with E-state index in [2.05, 4.69) is 4.72 Å². The molecule has 0 spiro atoms. The monoisotopic (exact) mass is 390 g/mol. The van der Waals surface area contributed by atoms with E-state index in [-0.39, 0.29) is 23.3 Å². The Balaban J connectivity index is 1.83. The maximum Gasteiger partial charge on any atom is 0.273 e. The SMILES string of the molecule is O=[N+]([O-])c1ccc(CS(=O)(=O)Nc2ccccc2)c(OC2CCCCC2)c1. The molecule has 7 nitrogen and oxygen atoms in total. The van der Waals surface area contributed by atoms with Crippen LogP contribution >= 0.6 is 0 Å². The Labute approximate surface area is 158 Å². The van der Waals surface area contributed by atoms with E-state index in [1.165, 1.54) is 18.2 Å². The summed E-state index contributed by atoms with van der Waals surface area (Å²) in [6.07, 6.45) is 4.95. The molecular weight excluding hydrogens is 368 g/mol. The van der Waals surface area contributed by atoms with E-state index < -0.39 is 14.9 Å². The van der Waals surface area contributed by atoms with Gasteiger partial charge in [-0.2, -0.15) is 0 Å². The molecule has 0 heterocycles. The van der Waals surface area contributed by atoms with E-state index in [4.69, 9.17) is 4.74 Å². The molecule has 1 saturated carbocycles. The molecule has 0 radical (unpaired) electrons. The number of nitro groups is 1. The van der Waals surface area contributed by atoms with Crippen LogP contribution in [0, 0.1) is 10.1 Å². The first-order valence-electron chi connectivity index (χ1n) is 8.92. The second-order valence-corrected chi connectivity index (χ2v) is 8.38. The van der Waals surface area contributed by atoms with Gasteiger partial charge in [-0.25, -0.2) is 8.42 Å². The van der Waals surface area contributed by atoms with Crippen LogP contribution in [0.3, 0.4) is 0 Å². The fourth-order valence-electron chi connectivity index (χ4n) is 3.17. The fourth-order valence-corrected chi connectivity index (χ4v) is 4.39. The molecule has 0 unspecified atom stereocenters. The number of benzene rings is 2. The van der Waals surface area contributed by atoms with Crippen molar-refractivity contribution in [1.82, 2.24) is 0 Å². The molecule has 1 aliphatic carbocycles. The van der Waals surface area contributed by atoms with Crippen LogP contribution in [0.5, 0.6) is 5.75 Å². The summed E-state index contributed by atoms with van der Waals surface area (Å²) in [6, 6.07) is 12.7. The Kier molecular flexibility index (Phi) is 5.95. The first kappa shape index (κ1) is 19.2. The molecule has 3 rings (SSSR count). The standard InChI is InChI=1S/C19H22N2O5S/c22-21(23)17-12-11-15(19(13-17)26-18-9-5-2-6-10-18)14-27(24,25)20-16-7-3-1-4-8-16/h1,3-4,7-8,11-13,18,20H,2,5-6,9-10,14H2. The van der Waals surface area contributed by atoms with Crippen LogP contribution in [0.4, 0.5) is 11.4 Å². The van der Waals surface area contributed by atoms with Crippen molar-refractivity contribution in [3.8, 4) is 5.75 Å². The number of nitrogens with one attached hydrogen (secondary N) is 1. The Morgan fingerprint density at radius 1 is 1.07 bits per heavy atom. The van der Waals surface area contributed by atoms with E-state index in [1.807, 2.05) is 0 Å². The predicted octanol–water partition coefficient (Wildman–Crippen LogP) is 4.25. The number of para-hydroxylation sites is 1. The van der Waals surface area contributed by atoms with Gasteiger partial charge in [-0.15, -0.1) is 0 Å². The highest BCUT2D eigenvalue weighted by Gasteiger charge is 2.22. The molecule has 0 bridgehead atoms. The van der Waals surface area contributed by atoms with Gasteiger partial charge < -0.3 is 4.74 Å². The van der Waals surface area contributed by atoms with E-state index in [0.29, 0.717) is 11.3 Å². The average molecular weight is 390 g/mol. The van der Waals surface area contributed by atoms with Gasteiger partial charge in [-0.1, -0.05) is 24.6 Å². The van der Waals surface area contributed by atoms with E-state index >= 15 is 0 Å². The topological polar surface area (TPSA) is 98.5 Å². The Morgan fingerprint density at radius 2 is 1.78 bits per heavy atom. The molecule has 0 atom stereocenters. The van der Waals surface area contributed by atoms with Crippen LogP contribution in [0.15, 0.2) is 48.5 Å². The first-order chi connectivity index (χ1) is 12.9. The molecule has 144 valence electrons. The summed E-state index contributed by atoms with van der Waals surface area (Å²) < 4.78 is 33.6. The minimum Gasteiger partial charge on any atom is -0.490 e. The third-order valence-corrected chi connectivity index (χ3v) is 5.74. The van der Waals surface area contributed by atoms with Gasteiger partial charge in [0.1, 0.15) is 5.75 Å². The number of anilines is 1. The molecular formula is C19H22N2O5S. The third-order valence-electron chi connectivity index (χ3n) is 4.50. The molecule has 27 heavy (non-hydrogen) atoms. The lowest BCUT2D eigenvalue weighted by atomic mass is 9.97. The highest BCUT2D eigenvalue weighted by atomic mass is 32.2. The molecule has 0 saturated heterocycles. The van der Waals surface area contributed by atoms with Gasteiger partial charge in [0.2, 0.25) is 10.0 Å². The van der Waals surface area contributed by atoms with Crippen molar-refractivity contribution in [2.24, 2.45) is 0 Å². The minimum absolute atomic E-state index is 0.0377. The number of rotatable bonds is 7. The van der Waals surface area contributed by atoms with E-state index in [0.717, 1.165) is 32.1 Å². The largest absolute Gasteiger partial charge is 0.490 e. The molecule has 0 aromatic heterocycles. The zero-order valence-corrected chi connectivity index (χ0v) is 15.7. The predicted molar refractivity (Wildman–Crippen MR) is 103 cm³/mol. The maximum atomic E-state index is 12.5. The number of nitrogens with zero attached hydrogens (tertiary/aromatic N) is 1. The normalized spacial score (nSPS) is 15.3. The van der Waals surface area contributed by atoms with Crippen molar-refractivity contribution in [2.75, 3.05) is 4.72 Å². The van der Waals surface area contributed by atoms with Gasteiger partial charge in [0.25, 0.3) is 5.69 Å². The molecule has 2 aromatic carbocycles. The first-order valence-corrected chi connectivity index (χ1v) is 10.6. The van der Waals surface area contributed by atoms with Crippen molar-refractivity contribution in [3.63, 3.8) is 0 Å². The van der Waals surface area contributed by atoms with Crippen LogP contribution in [-0.2, 0) is 15.8 Å². The minimum atomic E-state index is -3.68. The summed E-state index contributed by atoms with van der Waals surface area (Å²) in [5.41, 5.74) is 0.766. The van der Waals surface area contributed by atoms with Gasteiger partial charge >= 0.3 is 0 Å². The summed E-state index contributed by atoms with van der Waals surface area (Å²) in [6.45, 7) is 0. The maximum absolute atomic E-state index is 12.5. The molecule has 0 aliphatic heterocycles. The third kappa shape index (κ3) is 5.43. The van der Waals surface area contributed by atoms with Crippen molar-refractivity contribution in [2.45, 2.75) is 44.0 Å². The smallest absolute Gasteiger partial charge is 0.273 e. The zero-order valence-electron chi connectivity index (χ0n) is 14.8. The second kappa shape index (κ2) is 8.39. The van der Waals surface area contributed by atoms with Crippen molar-refractivity contribution < 1.29 is 18.1 Å². The molecule has 8 heteroatoms. The van der Waals surface area contributed by atoms with Crippen molar-refractivity contribution >= 4 is 21.4 Å².